The highest BCUT2D eigenvalue weighted by atomic mass is 15.3. The highest BCUT2D eigenvalue weighted by Crippen LogP contribution is 2.19. The van der Waals surface area contributed by atoms with Gasteiger partial charge in [0, 0.05) is 18.8 Å². The Morgan fingerprint density at radius 1 is 0.920 bits per heavy atom. The average molecular weight is 331 g/mol. The van der Waals surface area contributed by atoms with E-state index < -0.39 is 0 Å². The van der Waals surface area contributed by atoms with Gasteiger partial charge in [0.25, 0.3) is 0 Å². The van der Waals surface area contributed by atoms with Gasteiger partial charge in [-0.05, 0) is 49.1 Å². The van der Waals surface area contributed by atoms with E-state index >= 15 is 0 Å². The molecule has 1 N–H and O–H groups in total. The lowest BCUT2D eigenvalue weighted by Gasteiger charge is -2.28. The van der Waals surface area contributed by atoms with Crippen molar-refractivity contribution in [3.63, 3.8) is 0 Å². The molecule has 1 saturated heterocycles. The molecule has 25 heavy (non-hydrogen) atoms. The maximum absolute atomic E-state index is 4.49. The standard InChI is InChI=1S/C20H21N5/c1-4-12-25(13-5-1)17-10-8-16(9-11-17)14-22-24-20-15-21-18-6-2-3-7-19(18)23-20/h2-3,6-11,14-15H,1,4-5,12-13H2,(H,23,24). The molecule has 2 heterocycles. The Morgan fingerprint density at radius 3 is 2.48 bits per heavy atom. The quantitative estimate of drug-likeness (QED) is 0.578. The highest BCUT2D eigenvalue weighted by molar-refractivity contribution is 5.81. The van der Waals surface area contributed by atoms with Crippen molar-refractivity contribution in [2.45, 2.75) is 19.3 Å². The Bertz CT molecular complexity index is 867. The smallest absolute Gasteiger partial charge is 0.165 e. The highest BCUT2D eigenvalue weighted by Gasteiger charge is 2.10. The monoisotopic (exact) mass is 331 g/mol. The predicted molar refractivity (Wildman–Crippen MR) is 103 cm³/mol. The normalized spacial score (nSPS) is 15.0. The van der Waals surface area contributed by atoms with Crippen molar-refractivity contribution in [2.24, 2.45) is 5.10 Å². The lowest BCUT2D eigenvalue weighted by Crippen LogP contribution is -2.29. The number of fused-ring (bicyclic) bond motifs is 1. The molecule has 5 nitrogen and oxygen atoms in total. The van der Waals surface area contributed by atoms with Crippen molar-refractivity contribution in [3.05, 3.63) is 60.3 Å². The fourth-order valence-electron chi connectivity index (χ4n) is 3.11. The molecule has 126 valence electrons. The minimum absolute atomic E-state index is 0.639. The fourth-order valence-corrected chi connectivity index (χ4v) is 3.11. The fraction of sp³-hybridized carbons (Fsp3) is 0.250. The third-order valence-electron chi connectivity index (χ3n) is 4.46. The average Bonchev–Trinajstić information content (AvgIpc) is 2.69. The Hall–Kier alpha value is -2.95. The van der Waals surface area contributed by atoms with Gasteiger partial charge in [0.15, 0.2) is 5.82 Å². The van der Waals surface area contributed by atoms with E-state index in [0.29, 0.717) is 5.82 Å². The van der Waals surface area contributed by atoms with E-state index in [9.17, 15) is 0 Å². The summed E-state index contributed by atoms with van der Waals surface area (Å²) in [7, 11) is 0. The van der Waals surface area contributed by atoms with Crippen molar-refractivity contribution in [1.82, 2.24) is 9.97 Å². The maximum Gasteiger partial charge on any atom is 0.165 e. The number of hydrogen-bond donors (Lipinski definition) is 1. The number of para-hydroxylation sites is 2. The molecule has 2 aromatic carbocycles. The first-order valence-corrected chi connectivity index (χ1v) is 8.74. The lowest BCUT2D eigenvalue weighted by molar-refractivity contribution is 0.578. The molecule has 1 fully saturated rings. The molecule has 3 aromatic rings. The van der Waals surface area contributed by atoms with Gasteiger partial charge in [-0.15, -0.1) is 0 Å². The number of nitrogens with zero attached hydrogens (tertiary/aromatic N) is 4. The van der Waals surface area contributed by atoms with Crippen molar-refractivity contribution in [1.29, 1.82) is 0 Å². The van der Waals surface area contributed by atoms with Gasteiger partial charge in [0.05, 0.1) is 23.4 Å². The molecule has 0 aliphatic carbocycles. The van der Waals surface area contributed by atoms with Crippen LogP contribution in [0.1, 0.15) is 24.8 Å². The molecule has 0 amide bonds. The number of piperidine rings is 1. The molecule has 5 heteroatoms. The van der Waals surface area contributed by atoms with Crippen LogP contribution in [0.5, 0.6) is 0 Å². The van der Waals surface area contributed by atoms with Crippen molar-refractivity contribution >= 4 is 28.8 Å². The van der Waals surface area contributed by atoms with Gasteiger partial charge < -0.3 is 4.90 Å². The van der Waals surface area contributed by atoms with Crippen molar-refractivity contribution < 1.29 is 0 Å². The molecular formula is C20H21N5. The van der Waals surface area contributed by atoms with Gasteiger partial charge in [-0.3, -0.25) is 10.4 Å². The van der Waals surface area contributed by atoms with E-state index in [1.807, 2.05) is 24.3 Å². The van der Waals surface area contributed by atoms with Crippen LogP contribution in [0.25, 0.3) is 11.0 Å². The third kappa shape index (κ3) is 3.76. The van der Waals surface area contributed by atoms with E-state index in [1.54, 1.807) is 12.4 Å². The van der Waals surface area contributed by atoms with Crippen LogP contribution in [-0.4, -0.2) is 29.3 Å². The Labute approximate surface area is 147 Å². The first-order valence-electron chi connectivity index (χ1n) is 8.74. The molecule has 1 aromatic heterocycles. The predicted octanol–water partition coefficient (Wildman–Crippen LogP) is 4.07. The summed E-state index contributed by atoms with van der Waals surface area (Å²) >= 11 is 0. The Balaban J connectivity index is 1.40. The first kappa shape index (κ1) is 15.6. The van der Waals surface area contributed by atoms with Crippen LogP contribution in [-0.2, 0) is 0 Å². The van der Waals surface area contributed by atoms with E-state index in [4.69, 9.17) is 0 Å². The number of rotatable bonds is 4. The lowest BCUT2D eigenvalue weighted by atomic mass is 10.1. The zero-order chi connectivity index (χ0) is 16.9. The summed E-state index contributed by atoms with van der Waals surface area (Å²) < 4.78 is 0. The Kier molecular flexibility index (Phi) is 4.55. The summed E-state index contributed by atoms with van der Waals surface area (Å²) in [6.45, 7) is 2.32. The summed E-state index contributed by atoms with van der Waals surface area (Å²) in [6.07, 6.45) is 7.43. The minimum Gasteiger partial charge on any atom is -0.372 e. The molecule has 0 atom stereocenters. The van der Waals surface area contributed by atoms with Crippen LogP contribution in [0, 0.1) is 0 Å². The van der Waals surface area contributed by atoms with Gasteiger partial charge in [0.2, 0.25) is 0 Å². The van der Waals surface area contributed by atoms with E-state index in [0.717, 1.165) is 29.7 Å². The molecule has 0 saturated carbocycles. The molecule has 0 spiro atoms. The number of benzene rings is 2. The summed E-state index contributed by atoms with van der Waals surface area (Å²) in [6, 6.07) is 16.3. The van der Waals surface area contributed by atoms with E-state index in [2.05, 4.69) is 49.7 Å². The first-order chi connectivity index (χ1) is 12.4. The third-order valence-corrected chi connectivity index (χ3v) is 4.46. The van der Waals surface area contributed by atoms with Gasteiger partial charge >= 0.3 is 0 Å². The zero-order valence-electron chi connectivity index (χ0n) is 14.1. The number of aromatic nitrogens is 2. The molecule has 4 rings (SSSR count). The zero-order valence-corrected chi connectivity index (χ0v) is 14.1. The number of anilines is 2. The molecule has 0 bridgehead atoms. The molecular weight excluding hydrogens is 310 g/mol. The molecule has 1 aliphatic rings. The summed E-state index contributed by atoms with van der Waals surface area (Å²) in [5, 5.41) is 4.27. The SMILES string of the molecule is C(=NNc1cnc2ccccc2n1)c1ccc(N2CCCCC2)cc1. The second-order valence-corrected chi connectivity index (χ2v) is 6.25. The van der Waals surface area contributed by atoms with Crippen LogP contribution < -0.4 is 10.3 Å². The van der Waals surface area contributed by atoms with Crippen LogP contribution >= 0.6 is 0 Å². The number of nitrogens with one attached hydrogen (secondary N) is 1. The molecule has 0 radical (unpaired) electrons. The van der Waals surface area contributed by atoms with Gasteiger partial charge in [-0.25, -0.2) is 4.98 Å². The second kappa shape index (κ2) is 7.30. The van der Waals surface area contributed by atoms with Crippen LogP contribution in [0.2, 0.25) is 0 Å². The van der Waals surface area contributed by atoms with Gasteiger partial charge in [0.1, 0.15) is 0 Å². The topological polar surface area (TPSA) is 53.4 Å². The van der Waals surface area contributed by atoms with E-state index in [-0.39, 0.29) is 0 Å². The van der Waals surface area contributed by atoms with Gasteiger partial charge in [-0.1, -0.05) is 24.3 Å². The van der Waals surface area contributed by atoms with Crippen LogP contribution in [0.15, 0.2) is 59.8 Å². The Morgan fingerprint density at radius 2 is 1.68 bits per heavy atom. The summed E-state index contributed by atoms with van der Waals surface area (Å²) in [4.78, 5) is 11.3. The van der Waals surface area contributed by atoms with Crippen molar-refractivity contribution in [2.75, 3.05) is 23.4 Å². The van der Waals surface area contributed by atoms with E-state index in [1.165, 1.54) is 24.9 Å². The summed E-state index contributed by atoms with van der Waals surface area (Å²) in [5.74, 6) is 0.639. The summed E-state index contributed by atoms with van der Waals surface area (Å²) in [5.41, 5.74) is 7.04. The number of hydrazone groups is 1. The maximum atomic E-state index is 4.49. The molecule has 0 unspecified atom stereocenters. The second-order valence-electron chi connectivity index (χ2n) is 6.25. The molecule has 1 aliphatic heterocycles. The van der Waals surface area contributed by atoms with Crippen molar-refractivity contribution in [3.8, 4) is 0 Å². The minimum atomic E-state index is 0.639. The van der Waals surface area contributed by atoms with Crippen LogP contribution in [0.3, 0.4) is 0 Å². The number of hydrogen-bond acceptors (Lipinski definition) is 5. The van der Waals surface area contributed by atoms with Gasteiger partial charge in [-0.2, -0.15) is 5.10 Å². The van der Waals surface area contributed by atoms with Crippen LogP contribution in [0.4, 0.5) is 11.5 Å². The largest absolute Gasteiger partial charge is 0.372 e.